The number of hydrogen-bond acceptors (Lipinski definition) is 6. The largest absolute Gasteiger partial charge is 0.379 e. The fourth-order valence-corrected chi connectivity index (χ4v) is 4.14. The van der Waals surface area contributed by atoms with Crippen molar-refractivity contribution in [1.82, 2.24) is 14.9 Å². The molecule has 124 valence electrons. The zero-order valence-corrected chi connectivity index (χ0v) is 15.4. The molecule has 5 nitrogen and oxygen atoms in total. The van der Waals surface area contributed by atoms with Crippen molar-refractivity contribution in [1.29, 1.82) is 0 Å². The summed E-state index contributed by atoms with van der Waals surface area (Å²) >= 11 is 5.13. The van der Waals surface area contributed by atoms with Crippen LogP contribution in [-0.4, -0.2) is 41.2 Å². The lowest BCUT2D eigenvalue weighted by atomic mass is 10.2. The monoisotopic (exact) mass is 404 g/mol. The molecule has 0 atom stereocenters. The number of rotatable bonds is 4. The van der Waals surface area contributed by atoms with Gasteiger partial charge in [0.1, 0.15) is 5.82 Å². The number of fused-ring (bicyclic) bond motifs is 1. The number of ether oxygens (including phenoxy) is 1. The van der Waals surface area contributed by atoms with Crippen LogP contribution in [0, 0.1) is 0 Å². The Morgan fingerprint density at radius 2 is 2.08 bits per heavy atom. The summed E-state index contributed by atoms with van der Waals surface area (Å²) in [6.07, 6.45) is 1.85. The average molecular weight is 405 g/mol. The molecule has 0 aliphatic carbocycles. The highest BCUT2D eigenvalue weighted by Crippen LogP contribution is 2.30. The molecule has 7 heteroatoms. The first-order valence-corrected chi connectivity index (χ1v) is 9.45. The van der Waals surface area contributed by atoms with E-state index in [0.717, 1.165) is 58.5 Å². The Bertz CT molecular complexity index is 847. The van der Waals surface area contributed by atoms with Crippen LogP contribution >= 0.6 is 27.3 Å². The number of halogens is 1. The number of pyridine rings is 1. The Balaban J connectivity index is 1.49. The van der Waals surface area contributed by atoms with Crippen molar-refractivity contribution in [2.75, 3.05) is 31.6 Å². The zero-order chi connectivity index (χ0) is 16.4. The predicted octanol–water partition coefficient (Wildman–Crippen LogP) is 4.03. The van der Waals surface area contributed by atoms with Gasteiger partial charge in [0.15, 0.2) is 5.13 Å². The Kier molecular flexibility index (Phi) is 4.75. The van der Waals surface area contributed by atoms with Gasteiger partial charge in [-0.3, -0.25) is 4.90 Å². The maximum absolute atomic E-state index is 5.40. The minimum Gasteiger partial charge on any atom is -0.379 e. The smallest absolute Gasteiger partial charge is 0.189 e. The summed E-state index contributed by atoms with van der Waals surface area (Å²) in [5.74, 6) is 0.832. The van der Waals surface area contributed by atoms with Gasteiger partial charge in [-0.2, -0.15) is 0 Å². The number of nitrogens with one attached hydrogen (secondary N) is 1. The predicted molar refractivity (Wildman–Crippen MR) is 101 cm³/mol. The summed E-state index contributed by atoms with van der Waals surface area (Å²) < 4.78 is 7.62. The highest BCUT2D eigenvalue weighted by Gasteiger charge is 2.11. The Morgan fingerprint density at radius 3 is 2.96 bits per heavy atom. The maximum atomic E-state index is 5.40. The van der Waals surface area contributed by atoms with Crippen LogP contribution in [0.25, 0.3) is 10.2 Å². The van der Waals surface area contributed by atoms with Gasteiger partial charge in [0.25, 0.3) is 0 Å². The molecule has 3 heterocycles. The van der Waals surface area contributed by atoms with Gasteiger partial charge in [-0.25, -0.2) is 9.97 Å². The standard InChI is InChI=1S/C17H17BrN4OS/c18-13-1-2-14-15(10-13)24-17(20-14)21-16-9-12(3-4-19-16)11-22-5-7-23-8-6-22/h1-4,9-10H,5-8,11H2,(H,19,20,21). The fourth-order valence-electron chi connectivity index (χ4n) is 2.72. The van der Waals surface area contributed by atoms with Crippen molar-refractivity contribution in [3.05, 3.63) is 46.6 Å². The van der Waals surface area contributed by atoms with Gasteiger partial charge in [0.2, 0.25) is 0 Å². The Labute approximate surface area is 152 Å². The van der Waals surface area contributed by atoms with Crippen LogP contribution in [0.5, 0.6) is 0 Å². The van der Waals surface area contributed by atoms with E-state index >= 15 is 0 Å². The number of morpholine rings is 1. The third kappa shape index (κ3) is 3.75. The van der Waals surface area contributed by atoms with Crippen LogP contribution in [-0.2, 0) is 11.3 Å². The maximum Gasteiger partial charge on any atom is 0.189 e. The van der Waals surface area contributed by atoms with E-state index in [0.29, 0.717) is 0 Å². The molecule has 0 spiro atoms. The molecular formula is C17H17BrN4OS. The number of thiazole rings is 1. The van der Waals surface area contributed by atoms with E-state index in [1.54, 1.807) is 11.3 Å². The fraction of sp³-hybridized carbons (Fsp3) is 0.294. The van der Waals surface area contributed by atoms with Crippen LogP contribution in [0.1, 0.15) is 5.56 Å². The van der Waals surface area contributed by atoms with Crippen molar-refractivity contribution in [3.8, 4) is 0 Å². The zero-order valence-electron chi connectivity index (χ0n) is 13.0. The van der Waals surface area contributed by atoms with Crippen LogP contribution < -0.4 is 5.32 Å². The molecule has 1 aliphatic heterocycles. The third-order valence-electron chi connectivity index (χ3n) is 3.92. The summed E-state index contributed by atoms with van der Waals surface area (Å²) in [6, 6.07) is 10.3. The first-order valence-electron chi connectivity index (χ1n) is 7.84. The quantitative estimate of drug-likeness (QED) is 0.711. The molecule has 0 radical (unpaired) electrons. The summed E-state index contributed by atoms with van der Waals surface area (Å²) in [4.78, 5) is 11.4. The molecule has 1 fully saturated rings. The van der Waals surface area contributed by atoms with Crippen molar-refractivity contribution < 1.29 is 4.74 Å². The molecule has 1 aliphatic rings. The SMILES string of the molecule is Brc1ccc2nc(Nc3cc(CN4CCOCC4)ccn3)sc2c1. The molecule has 0 unspecified atom stereocenters. The van der Waals surface area contributed by atoms with Crippen molar-refractivity contribution in [2.24, 2.45) is 0 Å². The second kappa shape index (κ2) is 7.14. The summed E-state index contributed by atoms with van der Waals surface area (Å²) in [7, 11) is 0. The van der Waals surface area contributed by atoms with Crippen molar-refractivity contribution >= 4 is 48.4 Å². The lowest BCUT2D eigenvalue weighted by Crippen LogP contribution is -2.35. The van der Waals surface area contributed by atoms with Crippen LogP contribution in [0.15, 0.2) is 41.0 Å². The van der Waals surface area contributed by atoms with Crippen LogP contribution in [0.3, 0.4) is 0 Å². The topological polar surface area (TPSA) is 50.3 Å². The average Bonchev–Trinajstić information content (AvgIpc) is 2.97. The lowest BCUT2D eigenvalue weighted by molar-refractivity contribution is 0.0342. The third-order valence-corrected chi connectivity index (χ3v) is 5.35. The number of hydrogen-bond donors (Lipinski definition) is 1. The molecular weight excluding hydrogens is 388 g/mol. The van der Waals surface area contributed by atoms with E-state index in [1.165, 1.54) is 5.56 Å². The molecule has 1 aromatic carbocycles. The van der Waals surface area contributed by atoms with Gasteiger partial charge in [0.05, 0.1) is 23.4 Å². The van der Waals surface area contributed by atoms with Crippen molar-refractivity contribution in [3.63, 3.8) is 0 Å². The van der Waals surface area contributed by atoms with E-state index in [4.69, 9.17) is 4.74 Å². The molecule has 24 heavy (non-hydrogen) atoms. The molecule has 0 saturated carbocycles. The second-order valence-corrected chi connectivity index (χ2v) is 7.64. The molecule has 0 amide bonds. The molecule has 3 aromatic rings. The van der Waals surface area contributed by atoms with E-state index < -0.39 is 0 Å². The summed E-state index contributed by atoms with van der Waals surface area (Å²) in [5.41, 5.74) is 2.24. The first kappa shape index (κ1) is 16.0. The minimum atomic E-state index is 0.817. The van der Waals surface area contributed by atoms with Crippen molar-refractivity contribution in [2.45, 2.75) is 6.54 Å². The summed E-state index contributed by atoms with van der Waals surface area (Å²) in [6.45, 7) is 4.53. The van der Waals surface area contributed by atoms with E-state index in [2.05, 4.69) is 54.3 Å². The number of benzene rings is 1. The van der Waals surface area contributed by atoms with Crippen LogP contribution in [0.2, 0.25) is 0 Å². The molecule has 4 rings (SSSR count). The number of aromatic nitrogens is 2. The second-order valence-electron chi connectivity index (χ2n) is 5.69. The molecule has 1 saturated heterocycles. The molecule has 0 bridgehead atoms. The lowest BCUT2D eigenvalue weighted by Gasteiger charge is -2.26. The number of nitrogens with zero attached hydrogens (tertiary/aromatic N) is 3. The van der Waals surface area contributed by atoms with E-state index in [-0.39, 0.29) is 0 Å². The van der Waals surface area contributed by atoms with Gasteiger partial charge in [-0.05, 0) is 35.9 Å². The van der Waals surface area contributed by atoms with Gasteiger partial charge in [0, 0.05) is 30.3 Å². The van der Waals surface area contributed by atoms with Gasteiger partial charge < -0.3 is 10.1 Å². The normalized spacial score (nSPS) is 15.7. The highest BCUT2D eigenvalue weighted by atomic mass is 79.9. The van der Waals surface area contributed by atoms with E-state index in [9.17, 15) is 0 Å². The summed E-state index contributed by atoms with van der Waals surface area (Å²) in [5, 5.41) is 4.19. The Hall–Kier alpha value is -1.54. The molecule has 2 aromatic heterocycles. The Morgan fingerprint density at radius 1 is 1.21 bits per heavy atom. The van der Waals surface area contributed by atoms with E-state index in [1.807, 2.05) is 18.3 Å². The molecule has 1 N–H and O–H groups in total. The minimum absolute atomic E-state index is 0.817. The van der Waals surface area contributed by atoms with Gasteiger partial charge in [-0.15, -0.1) is 0 Å². The van der Waals surface area contributed by atoms with Crippen LogP contribution in [0.4, 0.5) is 10.9 Å². The highest BCUT2D eigenvalue weighted by molar-refractivity contribution is 9.10. The number of anilines is 2. The van der Waals surface area contributed by atoms with Gasteiger partial charge >= 0.3 is 0 Å². The first-order chi connectivity index (χ1) is 11.8. The van der Waals surface area contributed by atoms with Gasteiger partial charge in [-0.1, -0.05) is 27.3 Å².